The van der Waals surface area contributed by atoms with Gasteiger partial charge in [0.05, 0.1) is 37.3 Å². The van der Waals surface area contributed by atoms with Gasteiger partial charge in [-0.05, 0) is 49.7 Å². The predicted octanol–water partition coefficient (Wildman–Crippen LogP) is 4.79. The normalized spacial score (nSPS) is 11.1. The van der Waals surface area contributed by atoms with E-state index in [1.165, 1.54) is 16.6 Å². The molecule has 0 radical (unpaired) electrons. The van der Waals surface area contributed by atoms with E-state index in [0.717, 1.165) is 27.8 Å². The quantitative estimate of drug-likeness (QED) is 0.335. The lowest BCUT2D eigenvalue weighted by atomic mass is 10.1. The van der Waals surface area contributed by atoms with E-state index < -0.39 is 0 Å². The number of aromatic amines is 1. The molecule has 9 heteroatoms. The van der Waals surface area contributed by atoms with Gasteiger partial charge >= 0.3 is 0 Å². The highest BCUT2D eigenvalue weighted by atomic mass is 16.5. The molecule has 0 amide bonds. The lowest BCUT2D eigenvalue weighted by molar-refractivity contribution is 0.301. The first-order chi connectivity index (χ1) is 17.0. The van der Waals surface area contributed by atoms with E-state index in [0.29, 0.717) is 30.5 Å². The molecular weight excluding hydrogens is 442 g/mol. The number of likely N-dealkylation sites (N-methyl/N-ethyl adjacent to an activating group) is 1. The second-order valence-corrected chi connectivity index (χ2v) is 8.37. The van der Waals surface area contributed by atoms with Crippen LogP contribution in [-0.2, 0) is 0 Å². The van der Waals surface area contributed by atoms with Gasteiger partial charge in [-0.15, -0.1) is 0 Å². The Morgan fingerprint density at radius 2 is 1.89 bits per heavy atom. The van der Waals surface area contributed by atoms with Crippen molar-refractivity contribution in [2.45, 2.75) is 13.8 Å². The van der Waals surface area contributed by atoms with Gasteiger partial charge in [-0.1, -0.05) is 0 Å². The lowest BCUT2D eigenvalue weighted by Gasteiger charge is -2.19. The molecule has 0 saturated heterocycles. The second kappa shape index (κ2) is 9.46. The zero-order valence-corrected chi connectivity index (χ0v) is 20.2. The van der Waals surface area contributed by atoms with Crippen molar-refractivity contribution < 1.29 is 9.47 Å². The van der Waals surface area contributed by atoms with Gasteiger partial charge in [-0.2, -0.15) is 10.2 Å². The number of ether oxygens (including phenoxy) is 2. The third-order valence-corrected chi connectivity index (χ3v) is 6.19. The first-order valence-corrected chi connectivity index (χ1v) is 11.3. The fourth-order valence-corrected chi connectivity index (χ4v) is 4.04. The van der Waals surface area contributed by atoms with E-state index in [2.05, 4.69) is 61.3 Å². The van der Waals surface area contributed by atoms with Crippen LogP contribution >= 0.6 is 0 Å². The summed E-state index contributed by atoms with van der Waals surface area (Å²) in [5.74, 6) is 1.95. The van der Waals surface area contributed by atoms with Gasteiger partial charge in [0.1, 0.15) is 18.8 Å². The number of nitrogens with one attached hydrogen (secondary N) is 2. The predicted molar refractivity (Wildman–Crippen MR) is 138 cm³/mol. The van der Waals surface area contributed by atoms with Crippen LogP contribution in [0.2, 0.25) is 0 Å². The third kappa shape index (κ3) is 4.52. The summed E-state index contributed by atoms with van der Waals surface area (Å²) < 4.78 is 11.7. The van der Waals surface area contributed by atoms with E-state index in [1.54, 1.807) is 25.8 Å². The maximum atomic E-state index is 6.06. The summed E-state index contributed by atoms with van der Waals surface area (Å²) in [6.45, 7) is 5.34. The van der Waals surface area contributed by atoms with Crippen molar-refractivity contribution >= 4 is 39.0 Å². The Morgan fingerprint density at radius 1 is 1.00 bits per heavy atom. The molecule has 0 unspecified atom stereocenters. The zero-order chi connectivity index (χ0) is 24.4. The van der Waals surface area contributed by atoms with Gasteiger partial charge in [0.2, 0.25) is 0 Å². The Morgan fingerprint density at radius 3 is 2.69 bits per heavy atom. The number of benzene rings is 2. The van der Waals surface area contributed by atoms with Crippen LogP contribution in [0, 0.1) is 13.8 Å². The number of rotatable bonds is 8. The summed E-state index contributed by atoms with van der Waals surface area (Å²) in [7, 11) is 3.61. The monoisotopic (exact) mass is 469 g/mol. The van der Waals surface area contributed by atoms with Gasteiger partial charge in [-0.3, -0.25) is 0 Å². The third-order valence-electron chi connectivity index (χ3n) is 6.19. The van der Waals surface area contributed by atoms with E-state index in [1.807, 2.05) is 31.3 Å². The molecule has 0 saturated carbocycles. The summed E-state index contributed by atoms with van der Waals surface area (Å²) in [6, 6.07) is 11.9. The Labute approximate surface area is 203 Å². The molecule has 5 aromatic rings. The molecule has 0 aliphatic heterocycles. The van der Waals surface area contributed by atoms with Gasteiger partial charge in [-0.25, -0.2) is 9.97 Å². The molecule has 0 aliphatic carbocycles. The van der Waals surface area contributed by atoms with Gasteiger partial charge in [0.15, 0.2) is 11.5 Å². The number of methoxy groups -OCH3 is 1. The van der Waals surface area contributed by atoms with Crippen LogP contribution in [0.25, 0.3) is 21.8 Å². The number of hydrogen-bond acceptors (Lipinski definition) is 8. The highest BCUT2D eigenvalue weighted by Gasteiger charge is 2.13. The summed E-state index contributed by atoms with van der Waals surface area (Å²) >= 11 is 0. The number of fused-ring (bicyclic) bond motifs is 2. The molecule has 3 heterocycles. The largest absolute Gasteiger partial charge is 0.493 e. The maximum absolute atomic E-state index is 6.06. The summed E-state index contributed by atoms with van der Waals surface area (Å²) in [4.78, 5) is 14.4. The average molecular weight is 470 g/mol. The molecule has 0 bridgehead atoms. The number of H-pyrrole nitrogens is 1. The fraction of sp³-hybridized carbons (Fsp3) is 0.231. The average Bonchev–Trinajstić information content (AvgIpc) is 3.17. The number of nitrogens with zero attached hydrogens (tertiary/aromatic N) is 5. The number of aryl methyl sites for hydroxylation is 2. The van der Waals surface area contributed by atoms with Crippen LogP contribution in [0.3, 0.4) is 0 Å². The summed E-state index contributed by atoms with van der Waals surface area (Å²) in [5, 5.41) is 13.2. The number of aromatic nitrogens is 5. The van der Waals surface area contributed by atoms with Crippen molar-refractivity contribution in [3.05, 3.63) is 66.4 Å². The van der Waals surface area contributed by atoms with Crippen molar-refractivity contribution in [3.63, 3.8) is 0 Å². The Kier molecular flexibility index (Phi) is 6.05. The summed E-state index contributed by atoms with van der Waals surface area (Å²) in [6.07, 6.45) is 4.94. The molecule has 5 rings (SSSR count). The fourth-order valence-electron chi connectivity index (χ4n) is 4.04. The van der Waals surface area contributed by atoms with Crippen LogP contribution in [0.5, 0.6) is 11.5 Å². The van der Waals surface area contributed by atoms with Crippen molar-refractivity contribution in [1.82, 2.24) is 25.1 Å². The molecule has 9 nitrogen and oxygen atoms in total. The molecule has 0 spiro atoms. The van der Waals surface area contributed by atoms with Gasteiger partial charge in [0.25, 0.3) is 0 Å². The molecule has 2 N–H and O–H groups in total. The molecule has 2 aromatic carbocycles. The molecule has 3 aromatic heterocycles. The molecule has 0 atom stereocenters. The van der Waals surface area contributed by atoms with Crippen molar-refractivity contribution in [1.29, 1.82) is 0 Å². The van der Waals surface area contributed by atoms with Crippen molar-refractivity contribution in [2.24, 2.45) is 0 Å². The summed E-state index contributed by atoms with van der Waals surface area (Å²) in [5.41, 5.74) is 6.22. The minimum atomic E-state index is 0.465. The Bertz CT molecular complexity index is 1480. The molecule has 35 heavy (non-hydrogen) atoms. The van der Waals surface area contributed by atoms with Gasteiger partial charge in [0, 0.05) is 40.8 Å². The van der Waals surface area contributed by atoms with E-state index in [9.17, 15) is 0 Å². The molecule has 0 aliphatic rings. The van der Waals surface area contributed by atoms with E-state index in [-0.39, 0.29) is 0 Å². The highest BCUT2D eigenvalue weighted by molar-refractivity contribution is 5.94. The molecular formula is C26H27N7O2. The Balaban J connectivity index is 1.38. The SMILES string of the molecule is COc1cc2c(Nc3ccc4[nH]c(C)c(C)c4c3)ncnc2cc1OCCN(C)c1ccnnc1. The highest BCUT2D eigenvalue weighted by Crippen LogP contribution is 2.35. The topological polar surface area (TPSA) is 101 Å². The second-order valence-electron chi connectivity index (χ2n) is 8.37. The first kappa shape index (κ1) is 22.4. The zero-order valence-electron chi connectivity index (χ0n) is 20.2. The minimum Gasteiger partial charge on any atom is -0.493 e. The number of hydrogen-bond donors (Lipinski definition) is 2. The van der Waals surface area contributed by atoms with Gasteiger partial charge < -0.3 is 24.7 Å². The van der Waals surface area contributed by atoms with E-state index >= 15 is 0 Å². The van der Waals surface area contributed by atoms with Crippen molar-refractivity contribution in [2.75, 3.05) is 37.5 Å². The smallest absolute Gasteiger partial charge is 0.163 e. The number of anilines is 3. The van der Waals surface area contributed by atoms with Crippen LogP contribution in [0.1, 0.15) is 11.3 Å². The standard InChI is InChI=1S/C26H27N7O2/c1-16-17(2)31-22-6-5-18(11-20(16)22)32-26-21-12-24(34-4)25(13-23(21)27-15-28-26)35-10-9-33(3)19-7-8-29-30-14-19/h5-8,11-15,31H,9-10H2,1-4H3,(H,27,28,32). The maximum Gasteiger partial charge on any atom is 0.163 e. The van der Waals surface area contributed by atoms with Crippen LogP contribution in [0.4, 0.5) is 17.2 Å². The minimum absolute atomic E-state index is 0.465. The molecule has 0 fully saturated rings. The van der Waals surface area contributed by atoms with Crippen LogP contribution < -0.4 is 19.7 Å². The Hall–Kier alpha value is -4.40. The van der Waals surface area contributed by atoms with Crippen LogP contribution in [0.15, 0.2) is 55.1 Å². The van der Waals surface area contributed by atoms with Crippen LogP contribution in [-0.4, -0.2) is 52.5 Å². The lowest BCUT2D eigenvalue weighted by Crippen LogP contribution is -2.24. The van der Waals surface area contributed by atoms with E-state index in [4.69, 9.17) is 9.47 Å². The first-order valence-electron chi connectivity index (χ1n) is 11.3. The van der Waals surface area contributed by atoms with Crippen molar-refractivity contribution in [3.8, 4) is 11.5 Å². The molecule has 178 valence electrons.